The zero-order valence-corrected chi connectivity index (χ0v) is 16.6. The van der Waals surface area contributed by atoms with Gasteiger partial charge in [0, 0.05) is 24.9 Å². The summed E-state index contributed by atoms with van der Waals surface area (Å²) < 4.78 is 11.1. The Morgan fingerprint density at radius 3 is 2.68 bits per heavy atom. The molecule has 0 atom stereocenters. The minimum absolute atomic E-state index is 0.0543. The van der Waals surface area contributed by atoms with E-state index in [2.05, 4.69) is 11.2 Å². The molecule has 0 bridgehead atoms. The minimum atomic E-state index is -0.286. The molecule has 5 nitrogen and oxygen atoms in total. The number of hydrogen-bond donors (Lipinski definition) is 1. The molecule has 0 spiro atoms. The van der Waals surface area contributed by atoms with Crippen LogP contribution in [0.1, 0.15) is 58.1 Å². The predicted molar refractivity (Wildman–Crippen MR) is 107 cm³/mol. The molecule has 5 heteroatoms. The lowest BCUT2D eigenvalue weighted by atomic mass is 9.76. The fourth-order valence-electron chi connectivity index (χ4n) is 3.58. The molecule has 1 aliphatic carbocycles. The molecule has 1 heterocycles. The van der Waals surface area contributed by atoms with Crippen LogP contribution in [0.15, 0.2) is 28.7 Å². The lowest BCUT2D eigenvalue weighted by molar-refractivity contribution is 0.0889. The number of ketones is 1. The van der Waals surface area contributed by atoms with E-state index in [1.54, 1.807) is 6.92 Å². The number of fused-ring (bicyclic) bond motifs is 1. The van der Waals surface area contributed by atoms with Gasteiger partial charge in [0.2, 0.25) is 0 Å². The van der Waals surface area contributed by atoms with Crippen LogP contribution >= 0.6 is 0 Å². The first-order valence-electron chi connectivity index (χ1n) is 9.39. The topological polar surface area (TPSA) is 68.5 Å². The monoisotopic (exact) mass is 379 g/mol. The Hall–Kier alpha value is -3.00. The number of hydrogen-bond acceptors (Lipinski definition) is 4. The summed E-state index contributed by atoms with van der Waals surface area (Å²) in [5.41, 5.74) is 2.16. The fourth-order valence-corrected chi connectivity index (χ4v) is 3.58. The summed E-state index contributed by atoms with van der Waals surface area (Å²) in [7, 11) is 0. The van der Waals surface area contributed by atoms with Gasteiger partial charge in [-0.05, 0) is 36.5 Å². The fraction of sp³-hybridized carbons (Fsp3) is 0.391. The van der Waals surface area contributed by atoms with Crippen molar-refractivity contribution in [1.29, 1.82) is 0 Å². The van der Waals surface area contributed by atoms with Crippen molar-refractivity contribution in [2.24, 2.45) is 5.41 Å². The quantitative estimate of drug-likeness (QED) is 0.777. The van der Waals surface area contributed by atoms with E-state index in [1.807, 2.05) is 38.1 Å². The van der Waals surface area contributed by atoms with E-state index in [1.165, 1.54) is 0 Å². The maximum absolute atomic E-state index is 12.6. The van der Waals surface area contributed by atoms with Crippen molar-refractivity contribution in [3.63, 3.8) is 0 Å². The molecule has 3 rings (SSSR count). The number of Topliss-reactive ketones (excluding diaryl/α,β-unsaturated/α-hetero) is 1. The predicted octanol–water partition coefficient (Wildman–Crippen LogP) is 3.73. The molecule has 146 valence electrons. The number of nitrogens with one attached hydrogen (secondary N) is 1. The maximum Gasteiger partial charge on any atom is 0.287 e. The highest BCUT2D eigenvalue weighted by atomic mass is 16.5. The summed E-state index contributed by atoms with van der Waals surface area (Å²) in [6.45, 7) is 6.56. The SMILES string of the molecule is C#CCOc1ccc(CCNC(=O)c2oc3c(c2C)C(=O)CC(C)(C)C3)cc1. The molecule has 0 fully saturated rings. The molecule has 1 aromatic carbocycles. The number of carbonyl (C=O) groups excluding carboxylic acids is 2. The van der Waals surface area contributed by atoms with Crippen LogP contribution < -0.4 is 10.1 Å². The Kier molecular flexibility index (Phi) is 5.60. The first-order chi connectivity index (χ1) is 13.3. The second-order valence-corrected chi connectivity index (χ2v) is 7.94. The second kappa shape index (κ2) is 7.93. The van der Waals surface area contributed by atoms with Crippen LogP contribution in [0.4, 0.5) is 0 Å². The third kappa shape index (κ3) is 4.28. The summed E-state index contributed by atoms with van der Waals surface area (Å²) in [5.74, 6) is 3.78. The van der Waals surface area contributed by atoms with Crippen LogP contribution in [0.2, 0.25) is 0 Å². The summed E-state index contributed by atoms with van der Waals surface area (Å²) in [5, 5.41) is 2.88. The number of amides is 1. The third-order valence-corrected chi connectivity index (χ3v) is 4.93. The van der Waals surface area contributed by atoms with E-state index in [0.29, 0.717) is 42.7 Å². The molecule has 0 saturated carbocycles. The molecule has 28 heavy (non-hydrogen) atoms. The highest BCUT2D eigenvalue weighted by Crippen LogP contribution is 2.38. The zero-order chi connectivity index (χ0) is 20.3. The van der Waals surface area contributed by atoms with Crippen LogP contribution in [0, 0.1) is 24.7 Å². The van der Waals surface area contributed by atoms with E-state index in [-0.39, 0.29) is 29.5 Å². The van der Waals surface area contributed by atoms with Crippen molar-refractivity contribution in [3.8, 4) is 18.1 Å². The Morgan fingerprint density at radius 2 is 2.00 bits per heavy atom. The highest BCUT2D eigenvalue weighted by molar-refractivity contribution is 6.03. The molecular weight excluding hydrogens is 354 g/mol. The first-order valence-corrected chi connectivity index (χ1v) is 9.39. The summed E-state index contributed by atoms with van der Waals surface area (Å²) in [4.78, 5) is 25.0. The molecule has 2 aromatic rings. The van der Waals surface area contributed by atoms with Gasteiger partial charge in [-0.3, -0.25) is 9.59 Å². The molecular formula is C23H25NO4. The molecule has 0 radical (unpaired) electrons. The van der Waals surface area contributed by atoms with Crippen LogP contribution in [-0.2, 0) is 12.8 Å². The Bertz CT molecular complexity index is 929. The Labute approximate surface area is 165 Å². The van der Waals surface area contributed by atoms with Crippen LogP contribution in [0.25, 0.3) is 0 Å². The van der Waals surface area contributed by atoms with Crippen molar-refractivity contribution < 1.29 is 18.7 Å². The van der Waals surface area contributed by atoms with Crippen LogP contribution in [0.5, 0.6) is 5.75 Å². The molecule has 1 N–H and O–H groups in total. The van der Waals surface area contributed by atoms with E-state index in [4.69, 9.17) is 15.6 Å². The van der Waals surface area contributed by atoms with E-state index >= 15 is 0 Å². The van der Waals surface area contributed by atoms with Crippen LogP contribution in [-0.4, -0.2) is 24.8 Å². The van der Waals surface area contributed by atoms with Gasteiger partial charge in [0.05, 0.1) is 5.56 Å². The van der Waals surface area contributed by atoms with E-state index in [0.717, 1.165) is 11.3 Å². The smallest absolute Gasteiger partial charge is 0.287 e. The number of rotatable bonds is 6. The highest BCUT2D eigenvalue weighted by Gasteiger charge is 2.36. The average Bonchev–Trinajstić information content (AvgIpc) is 2.96. The number of furan rings is 1. The first kappa shape index (κ1) is 19.8. The van der Waals surface area contributed by atoms with Crippen molar-refractivity contribution in [2.75, 3.05) is 13.2 Å². The summed E-state index contributed by atoms with van der Waals surface area (Å²) in [6, 6.07) is 7.59. The average molecular weight is 379 g/mol. The summed E-state index contributed by atoms with van der Waals surface area (Å²) >= 11 is 0. The van der Waals surface area contributed by atoms with Gasteiger partial charge in [0.25, 0.3) is 5.91 Å². The number of ether oxygens (including phenoxy) is 1. The van der Waals surface area contributed by atoms with Gasteiger partial charge in [-0.25, -0.2) is 0 Å². The number of benzene rings is 1. The van der Waals surface area contributed by atoms with Gasteiger partial charge < -0.3 is 14.5 Å². The summed E-state index contributed by atoms with van der Waals surface area (Å²) in [6.07, 6.45) is 6.98. The molecule has 0 saturated heterocycles. The lowest BCUT2D eigenvalue weighted by Gasteiger charge is -2.27. The van der Waals surface area contributed by atoms with Gasteiger partial charge in [0.15, 0.2) is 11.5 Å². The zero-order valence-electron chi connectivity index (χ0n) is 16.6. The van der Waals surface area contributed by atoms with E-state index < -0.39 is 0 Å². The minimum Gasteiger partial charge on any atom is -0.481 e. The number of carbonyl (C=O) groups is 2. The lowest BCUT2D eigenvalue weighted by Crippen LogP contribution is -2.26. The molecule has 1 amide bonds. The van der Waals surface area contributed by atoms with Gasteiger partial charge in [-0.15, -0.1) is 6.42 Å². The molecule has 1 aromatic heterocycles. The van der Waals surface area contributed by atoms with Crippen molar-refractivity contribution in [3.05, 3.63) is 52.5 Å². The van der Waals surface area contributed by atoms with Crippen LogP contribution in [0.3, 0.4) is 0 Å². The Morgan fingerprint density at radius 1 is 1.29 bits per heavy atom. The van der Waals surface area contributed by atoms with Gasteiger partial charge in [0.1, 0.15) is 18.1 Å². The molecule has 0 aliphatic heterocycles. The van der Waals surface area contributed by atoms with Gasteiger partial charge in [-0.2, -0.15) is 0 Å². The van der Waals surface area contributed by atoms with E-state index in [9.17, 15) is 9.59 Å². The normalized spacial score (nSPS) is 14.9. The van der Waals surface area contributed by atoms with Crippen molar-refractivity contribution in [2.45, 2.75) is 40.0 Å². The van der Waals surface area contributed by atoms with Crippen molar-refractivity contribution in [1.82, 2.24) is 5.32 Å². The van der Waals surface area contributed by atoms with Crippen molar-refractivity contribution >= 4 is 11.7 Å². The molecule has 1 aliphatic rings. The molecule has 0 unspecified atom stereocenters. The standard InChI is InChI=1S/C23H25NO4/c1-5-12-27-17-8-6-16(7-9-17)10-11-24-22(26)21-15(2)20-18(25)13-23(3,4)14-19(20)28-21/h1,6-9H,10-14H2,2-4H3,(H,24,26). The third-order valence-electron chi connectivity index (χ3n) is 4.93. The Balaban J connectivity index is 1.60. The second-order valence-electron chi connectivity index (χ2n) is 7.94. The van der Waals surface area contributed by atoms with Gasteiger partial charge >= 0.3 is 0 Å². The number of terminal acetylenes is 1. The van der Waals surface area contributed by atoms with Gasteiger partial charge in [-0.1, -0.05) is 31.9 Å². The largest absolute Gasteiger partial charge is 0.481 e. The maximum atomic E-state index is 12.6.